The van der Waals surface area contributed by atoms with Crippen LogP contribution in [0.1, 0.15) is 29.1 Å². The van der Waals surface area contributed by atoms with E-state index in [0.29, 0.717) is 41.8 Å². The highest BCUT2D eigenvalue weighted by Crippen LogP contribution is 2.40. The lowest BCUT2D eigenvalue weighted by Gasteiger charge is -2.11. The molecule has 1 amide bonds. The standard InChI is InChI=1S/C21H20ClN7O2S/c1-3-31-9-11-7-25-21(22)29-19(11)28-14-8-24-16-12(27-14)4-5-13-15(16)17-18(32-13)20(30)26-10(2)6-23-17/h4-5,7-8,10,23H,3,6,9H2,1-2H3,(H,26,30)(H,25,27,28,29)/t10-/m1/s1. The maximum Gasteiger partial charge on any atom is 0.263 e. The van der Waals surface area contributed by atoms with Gasteiger partial charge in [-0.05, 0) is 37.6 Å². The van der Waals surface area contributed by atoms with Crippen LogP contribution in [0.2, 0.25) is 5.28 Å². The van der Waals surface area contributed by atoms with Gasteiger partial charge >= 0.3 is 0 Å². The van der Waals surface area contributed by atoms with Gasteiger partial charge in [0.1, 0.15) is 10.7 Å². The first-order valence-corrected chi connectivity index (χ1v) is 11.4. The highest BCUT2D eigenvalue weighted by molar-refractivity contribution is 7.21. The van der Waals surface area contributed by atoms with Gasteiger partial charge in [-0.3, -0.25) is 4.79 Å². The zero-order valence-corrected chi connectivity index (χ0v) is 19.0. The van der Waals surface area contributed by atoms with Crippen molar-refractivity contribution in [2.75, 3.05) is 23.8 Å². The lowest BCUT2D eigenvalue weighted by Crippen LogP contribution is -2.34. The van der Waals surface area contributed by atoms with E-state index in [1.807, 2.05) is 26.0 Å². The van der Waals surface area contributed by atoms with Gasteiger partial charge in [-0.25, -0.2) is 19.9 Å². The molecule has 0 radical (unpaired) electrons. The Bertz CT molecular complexity index is 1340. The van der Waals surface area contributed by atoms with E-state index in [1.165, 1.54) is 11.3 Å². The number of carbonyl (C=O) groups is 1. The van der Waals surface area contributed by atoms with Crippen molar-refractivity contribution in [1.82, 2.24) is 25.3 Å². The molecule has 11 heteroatoms. The lowest BCUT2D eigenvalue weighted by molar-refractivity contribution is 0.0949. The third kappa shape index (κ3) is 3.81. The van der Waals surface area contributed by atoms with Crippen LogP contribution in [-0.4, -0.2) is 45.0 Å². The van der Waals surface area contributed by atoms with E-state index in [9.17, 15) is 4.79 Å². The molecule has 3 aromatic heterocycles. The first-order valence-electron chi connectivity index (χ1n) is 10.2. The predicted octanol–water partition coefficient (Wildman–Crippen LogP) is 4.11. The molecule has 0 aliphatic carbocycles. The molecule has 1 aromatic carbocycles. The molecule has 0 spiro atoms. The van der Waals surface area contributed by atoms with Crippen molar-refractivity contribution in [2.45, 2.75) is 26.5 Å². The van der Waals surface area contributed by atoms with E-state index in [4.69, 9.17) is 21.3 Å². The third-order valence-electron chi connectivity index (χ3n) is 5.08. The molecule has 3 N–H and O–H groups in total. The first-order chi connectivity index (χ1) is 15.5. The molecule has 0 unspecified atom stereocenters. The van der Waals surface area contributed by atoms with Gasteiger partial charge in [0.15, 0.2) is 5.82 Å². The molecule has 1 aliphatic rings. The monoisotopic (exact) mass is 469 g/mol. The summed E-state index contributed by atoms with van der Waals surface area (Å²) in [6, 6.07) is 3.91. The first kappa shape index (κ1) is 20.8. The maximum absolute atomic E-state index is 12.6. The lowest BCUT2D eigenvalue weighted by atomic mass is 10.1. The number of carbonyl (C=O) groups excluding carboxylic acids is 1. The summed E-state index contributed by atoms with van der Waals surface area (Å²) in [7, 11) is 0. The third-order valence-corrected chi connectivity index (χ3v) is 6.41. The summed E-state index contributed by atoms with van der Waals surface area (Å²) >= 11 is 7.44. The maximum atomic E-state index is 12.6. The minimum absolute atomic E-state index is 0.0413. The Hall–Kier alpha value is -3.08. The fourth-order valence-corrected chi connectivity index (χ4v) is 4.80. The average molecular weight is 470 g/mol. The zero-order valence-electron chi connectivity index (χ0n) is 17.4. The summed E-state index contributed by atoms with van der Waals surface area (Å²) in [6.45, 7) is 5.46. The van der Waals surface area contributed by atoms with Crippen LogP contribution in [0.5, 0.6) is 0 Å². The van der Waals surface area contributed by atoms with Crippen molar-refractivity contribution in [3.05, 3.63) is 40.3 Å². The molecule has 32 heavy (non-hydrogen) atoms. The highest BCUT2D eigenvalue weighted by atomic mass is 35.5. The fourth-order valence-electron chi connectivity index (χ4n) is 3.58. The molecule has 164 valence electrons. The van der Waals surface area contributed by atoms with Crippen LogP contribution >= 0.6 is 22.9 Å². The summed E-state index contributed by atoms with van der Waals surface area (Å²) in [5.74, 6) is 0.968. The van der Waals surface area contributed by atoms with Crippen LogP contribution in [-0.2, 0) is 11.3 Å². The Balaban J connectivity index is 1.55. The van der Waals surface area contributed by atoms with Gasteiger partial charge < -0.3 is 20.7 Å². The second-order valence-corrected chi connectivity index (χ2v) is 8.79. The van der Waals surface area contributed by atoms with Crippen LogP contribution in [0.15, 0.2) is 24.5 Å². The normalized spacial score (nSPS) is 15.8. The second-order valence-electron chi connectivity index (χ2n) is 7.40. The van der Waals surface area contributed by atoms with Crippen LogP contribution in [0, 0.1) is 0 Å². The minimum Gasteiger partial charge on any atom is -0.381 e. The van der Waals surface area contributed by atoms with E-state index >= 15 is 0 Å². The van der Waals surface area contributed by atoms with Crippen molar-refractivity contribution in [3.8, 4) is 0 Å². The number of fused-ring (bicyclic) bond motifs is 5. The Morgan fingerprint density at radius 2 is 2.16 bits per heavy atom. The number of nitrogens with zero attached hydrogens (tertiary/aromatic N) is 4. The van der Waals surface area contributed by atoms with Gasteiger partial charge in [0, 0.05) is 41.0 Å². The van der Waals surface area contributed by atoms with E-state index < -0.39 is 0 Å². The predicted molar refractivity (Wildman–Crippen MR) is 126 cm³/mol. The Labute approximate surface area is 192 Å². The zero-order chi connectivity index (χ0) is 22.2. The fraction of sp³-hybridized carbons (Fsp3) is 0.286. The summed E-state index contributed by atoms with van der Waals surface area (Å²) in [5.41, 5.74) is 3.01. The Morgan fingerprint density at radius 1 is 1.28 bits per heavy atom. The van der Waals surface area contributed by atoms with Crippen molar-refractivity contribution >= 4 is 67.3 Å². The second kappa shape index (κ2) is 8.45. The van der Waals surface area contributed by atoms with E-state index in [2.05, 4.69) is 30.9 Å². The van der Waals surface area contributed by atoms with Gasteiger partial charge in [-0.2, -0.15) is 0 Å². The van der Waals surface area contributed by atoms with Gasteiger partial charge in [0.2, 0.25) is 5.28 Å². The molecular formula is C21H20ClN7O2S. The van der Waals surface area contributed by atoms with Crippen molar-refractivity contribution < 1.29 is 9.53 Å². The number of rotatable bonds is 5. The SMILES string of the molecule is CCOCc1cnc(Cl)nc1Nc1cnc2c(ccc3sc4c(c32)NC[C@@H](C)NC4=O)n1. The highest BCUT2D eigenvalue weighted by Gasteiger charge is 2.25. The number of thiophene rings is 1. The molecule has 9 nitrogen and oxygen atoms in total. The van der Waals surface area contributed by atoms with Gasteiger partial charge in [0.05, 0.1) is 29.5 Å². The molecule has 5 rings (SSSR count). The van der Waals surface area contributed by atoms with Gasteiger partial charge in [-0.1, -0.05) is 0 Å². The van der Waals surface area contributed by atoms with E-state index in [0.717, 1.165) is 26.9 Å². The van der Waals surface area contributed by atoms with E-state index in [-0.39, 0.29) is 17.2 Å². The molecule has 1 atom stereocenters. The van der Waals surface area contributed by atoms with Gasteiger partial charge in [-0.15, -0.1) is 11.3 Å². The number of amides is 1. The van der Waals surface area contributed by atoms with Crippen LogP contribution < -0.4 is 16.0 Å². The minimum atomic E-state index is -0.0689. The Morgan fingerprint density at radius 3 is 3.00 bits per heavy atom. The average Bonchev–Trinajstić information content (AvgIpc) is 3.09. The molecule has 4 heterocycles. The number of hydrogen-bond donors (Lipinski definition) is 3. The molecule has 4 aromatic rings. The number of hydrogen-bond acceptors (Lipinski definition) is 9. The molecule has 1 aliphatic heterocycles. The number of ether oxygens (including phenoxy) is 1. The smallest absolute Gasteiger partial charge is 0.263 e. The quantitative estimate of drug-likeness (QED) is 0.374. The van der Waals surface area contributed by atoms with Crippen LogP contribution in [0.25, 0.3) is 21.1 Å². The number of anilines is 3. The number of nitrogens with one attached hydrogen (secondary N) is 3. The summed E-state index contributed by atoms with van der Waals surface area (Å²) in [6.07, 6.45) is 3.27. The number of aromatic nitrogens is 4. The summed E-state index contributed by atoms with van der Waals surface area (Å²) in [4.78, 5) is 31.0. The number of halogens is 1. The van der Waals surface area contributed by atoms with Crippen molar-refractivity contribution in [2.24, 2.45) is 0 Å². The van der Waals surface area contributed by atoms with E-state index in [1.54, 1.807) is 12.4 Å². The summed E-state index contributed by atoms with van der Waals surface area (Å²) in [5, 5.41) is 10.6. The van der Waals surface area contributed by atoms with Gasteiger partial charge in [0.25, 0.3) is 5.91 Å². The molecule has 0 saturated heterocycles. The molecule has 0 fully saturated rings. The molecule has 0 saturated carbocycles. The number of benzene rings is 1. The molecule has 0 bridgehead atoms. The van der Waals surface area contributed by atoms with Crippen molar-refractivity contribution in [1.29, 1.82) is 0 Å². The van der Waals surface area contributed by atoms with Crippen LogP contribution in [0.3, 0.4) is 0 Å². The largest absolute Gasteiger partial charge is 0.381 e. The molecular weight excluding hydrogens is 450 g/mol. The van der Waals surface area contributed by atoms with Crippen LogP contribution in [0.4, 0.5) is 17.3 Å². The summed E-state index contributed by atoms with van der Waals surface area (Å²) < 4.78 is 6.47. The topological polar surface area (TPSA) is 114 Å². The van der Waals surface area contributed by atoms with Crippen molar-refractivity contribution in [3.63, 3.8) is 0 Å². The Kier molecular flexibility index (Phi) is 5.50.